The summed E-state index contributed by atoms with van der Waals surface area (Å²) < 4.78 is 5.55. The summed E-state index contributed by atoms with van der Waals surface area (Å²) in [6.45, 7) is 0.646. The number of hydrogen-bond acceptors (Lipinski definition) is 4. The molecule has 0 atom stereocenters. The SMILES string of the molecule is COc1ccccc1C1=C(N2CCCc3ccccc32)C(=O)N(c2cccc(Cl)c2)C1=O. The quantitative estimate of drug-likeness (QED) is 0.526. The first-order valence-corrected chi connectivity index (χ1v) is 10.9. The molecule has 32 heavy (non-hydrogen) atoms. The van der Waals surface area contributed by atoms with Crippen molar-refractivity contribution in [3.63, 3.8) is 0 Å². The van der Waals surface area contributed by atoms with E-state index in [4.69, 9.17) is 16.3 Å². The molecule has 0 bridgehead atoms. The van der Waals surface area contributed by atoms with Crippen LogP contribution in [0, 0.1) is 0 Å². The number of methoxy groups -OCH3 is 1. The molecule has 160 valence electrons. The number of anilines is 2. The molecular formula is C26H21ClN2O3. The van der Waals surface area contributed by atoms with E-state index < -0.39 is 0 Å². The second-order valence-corrected chi connectivity index (χ2v) is 8.17. The molecule has 0 aromatic heterocycles. The van der Waals surface area contributed by atoms with E-state index in [0.717, 1.165) is 24.1 Å². The van der Waals surface area contributed by atoms with Crippen LogP contribution in [0.5, 0.6) is 5.75 Å². The van der Waals surface area contributed by atoms with Crippen LogP contribution in [-0.2, 0) is 16.0 Å². The Morgan fingerprint density at radius 2 is 1.69 bits per heavy atom. The molecule has 0 spiro atoms. The van der Waals surface area contributed by atoms with Gasteiger partial charge < -0.3 is 9.64 Å². The molecule has 0 saturated heterocycles. The molecule has 0 radical (unpaired) electrons. The van der Waals surface area contributed by atoms with Crippen LogP contribution >= 0.6 is 11.6 Å². The number of nitrogens with zero attached hydrogens (tertiary/aromatic N) is 2. The summed E-state index contributed by atoms with van der Waals surface area (Å²) in [6.07, 6.45) is 1.82. The summed E-state index contributed by atoms with van der Waals surface area (Å²) in [7, 11) is 1.56. The summed E-state index contributed by atoms with van der Waals surface area (Å²) >= 11 is 6.18. The Labute approximate surface area is 191 Å². The lowest BCUT2D eigenvalue weighted by Crippen LogP contribution is -2.37. The fourth-order valence-electron chi connectivity index (χ4n) is 4.48. The van der Waals surface area contributed by atoms with E-state index in [-0.39, 0.29) is 11.8 Å². The van der Waals surface area contributed by atoms with Gasteiger partial charge >= 0.3 is 0 Å². The van der Waals surface area contributed by atoms with Crippen molar-refractivity contribution in [3.05, 3.63) is 94.6 Å². The largest absolute Gasteiger partial charge is 0.496 e. The van der Waals surface area contributed by atoms with Crippen molar-refractivity contribution in [2.24, 2.45) is 0 Å². The number of benzene rings is 3. The normalized spacial score (nSPS) is 15.9. The maximum atomic E-state index is 13.8. The number of halogens is 1. The number of para-hydroxylation sites is 2. The molecule has 0 aliphatic carbocycles. The standard InChI is InChI=1S/C26H21ClN2O3/c1-32-22-14-5-3-12-20(22)23-24(28-15-7-9-17-8-2-4-13-21(17)28)26(31)29(25(23)30)19-11-6-10-18(27)16-19/h2-6,8,10-14,16H,7,9,15H2,1H3. The van der Waals surface area contributed by atoms with Crippen molar-refractivity contribution >= 4 is 40.4 Å². The Hall–Kier alpha value is -3.57. The van der Waals surface area contributed by atoms with Gasteiger partial charge in [0.15, 0.2) is 0 Å². The second-order valence-electron chi connectivity index (χ2n) is 7.73. The summed E-state index contributed by atoms with van der Waals surface area (Å²) in [4.78, 5) is 30.8. The number of aryl methyl sites for hydroxylation is 1. The van der Waals surface area contributed by atoms with E-state index in [9.17, 15) is 9.59 Å². The van der Waals surface area contributed by atoms with Crippen LogP contribution in [0.25, 0.3) is 5.57 Å². The van der Waals surface area contributed by atoms with Gasteiger partial charge in [-0.3, -0.25) is 9.59 Å². The highest BCUT2D eigenvalue weighted by atomic mass is 35.5. The lowest BCUT2D eigenvalue weighted by Gasteiger charge is -2.32. The average Bonchev–Trinajstić information content (AvgIpc) is 3.08. The van der Waals surface area contributed by atoms with Crippen LogP contribution in [0.4, 0.5) is 11.4 Å². The topological polar surface area (TPSA) is 49.9 Å². The van der Waals surface area contributed by atoms with E-state index >= 15 is 0 Å². The van der Waals surface area contributed by atoms with Crippen LogP contribution in [0.15, 0.2) is 78.5 Å². The number of ether oxygens (including phenoxy) is 1. The van der Waals surface area contributed by atoms with E-state index in [1.54, 1.807) is 37.4 Å². The molecule has 0 fully saturated rings. The highest BCUT2D eigenvalue weighted by Gasteiger charge is 2.44. The fourth-order valence-corrected chi connectivity index (χ4v) is 4.66. The maximum absolute atomic E-state index is 13.8. The zero-order valence-corrected chi connectivity index (χ0v) is 18.3. The van der Waals surface area contributed by atoms with Crippen molar-refractivity contribution in [2.45, 2.75) is 12.8 Å². The molecule has 3 aromatic rings. The predicted molar refractivity (Wildman–Crippen MR) is 126 cm³/mol. The van der Waals surface area contributed by atoms with Gasteiger partial charge in [-0.05, 0) is 48.7 Å². The van der Waals surface area contributed by atoms with E-state index in [1.165, 1.54) is 4.90 Å². The number of carbonyl (C=O) groups is 2. The van der Waals surface area contributed by atoms with Crippen molar-refractivity contribution in [3.8, 4) is 5.75 Å². The average molecular weight is 445 g/mol. The number of carbonyl (C=O) groups excluding carboxylic acids is 2. The molecule has 2 amide bonds. The zero-order valence-electron chi connectivity index (χ0n) is 17.5. The third-order valence-corrected chi connectivity index (χ3v) is 6.12. The lowest BCUT2D eigenvalue weighted by atomic mass is 9.98. The van der Waals surface area contributed by atoms with Gasteiger partial charge in [0.2, 0.25) is 0 Å². The van der Waals surface area contributed by atoms with E-state index in [1.807, 2.05) is 41.3 Å². The summed E-state index contributed by atoms with van der Waals surface area (Å²) in [5.41, 5.74) is 3.86. The van der Waals surface area contributed by atoms with Gasteiger partial charge in [-0.1, -0.05) is 54.1 Å². The van der Waals surface area contributed by atoms with Crippen LogP contribution in [0.2, 0.25) is 5.02 Å². The molecule has 5 rings (SSSR count). The van der Waals surface area contributed by atoms with Crippen LogP contribution < -0.4 is 14.5 Å². The third kappa shape index (κ3) is 3.26. The Morgan fingerprint density at radius 3 is 2.50 bits per heavy atom. The monoisotopic (exact) mass is 444 g/mol. The molecule has 2 heterocycles. The molecule has 2 aliphatic rings. The van der Waals surface area contributed by atoms with Crippen LogP contribution in [0.1, 0.15) is 17.5 Å². The van der Waals surface area contributed by atoms with E-state index in [2.05, 4.69) is 6.07 Å². The third-order valence-electron chi connectivity index (χ3n) is 5.88. The first kappa shape index (κ1) is 20.3. The molecule has 0 unspecified atom stereocenters. The number of rotatable bonds is 4. The zero-order chi connectivity index (χ0) is 22.2. The summed E-state index contributed by atoms with van der Waals surface area (Å²) in [6, 6.07) is 22.1. The Bertz CT molecular complexity index is 1270. The van der Waals surface area contributed by atoms with Crippen LogP contribution in [-0.4, -0.2) is 25.5 Å². The van der Waals surface area contributed by atoms with Gasteiger partial charge in [0.1, 0.15) is 11.4 Å². The Kier molecular flexibility index (Phi) is 5.19. The molecule has 6 heteroatoms. The first-order chi connectivity index (χ1) is 15.6. The van der Waals surface area contributed by atoms with Gasteiger partial charge in [0.05, 0.1) is 18.4 Å². The molecule has 2 aliphatic heterocycles. The first-order valence-electron chi connectivity index (χ1n) is 10.5. The van der Waals surface area contributed by atoms with Gasteiger partial charge in [-0.2, -0.15) is 0 Å². The van der Waals surface area contributed by atoms with Gasteiger partial charge in [-0.25, -0.2) is 4.90 Å². The van der Waals surface area contributed by atoms with Crippen molar-refractivity contribution < 1.29 is 14.3 Å². The molecule has 0 saturated carbocycles. The van der Waals surface area contributed by atoms with Crippen molar-refractivity contribution in [1.82, 2.24) is 0 Å². The second kappa shape index (κ2) is 8.17. The summed E-state index contributed by atoms with van der Waals surface area (Å²) in [5.74, 6) is -0.214. The molecule has 3 aromatic carbocycles. The lowest BCUT2D eigenvalue weighted by molar-refractivity contribution is -0.120. The predicted octanol–water partition coefficient (Wildman–Crippen LogP) is 5.09. The minimum absolute atomic E-state index is 0.337. The van der Waals surface area contributed by atoms with Gasteiger partial charge in [0, 0.05) is 22.8 Å². The minimum Gasteiger partial charge on any atom is -0.496 e. The highest BCUT2D eigenvalue weighted by molar-refractivity contribution is 6.47. The van der Waals surface area contributed by atoms with Gasteiger partial charge in [-0.15, -0.1) is 0 Å². The van der Waals surface area contributed by atoms with E-state index in [0.29, 0.717) is 39.8 Å². The Balaban J connectivity index is 1.74. The van der Waals surface area contributed by atoms with Crippen molar-refractivity contribution in [1.29, 1.82) is 0 Å². The number of fused-ring (bicyclic) bond motifs is 1. The molecule has 5 nitrogen and oxygen atoms in total. The minimum atomic E-state index is -0.389. The molecule has 0 N–H and O–H groups in total. The summed E-state index contributed by atoms with van der Waals surface area (Å²) in [5, 5.41) is 0.457. The molecular weight excluding hydrogens is 424 g/mol. The smallest absolute Gasteiger partial charge is 0.282 e. The van der Waals surface area contributed by atoms with Crippen LogP contribution in [0.3, 0.4) is 0 Å². The Morgan fingerprint density at radius 1 is 0.906 bits per heavy atom. The van der Waals surface area contributed by atoms with Gasteiger partial charge in [0.25, 0.3) is 11.8 Å². The highest BCUT2D eigenvalue weighted by Crippen LogP contribution is 2.41. The number of amides is 2. The number of imide groups is 1. The fraction of sp³-hybridized carbons (Fsp3) is 0.154. The maximum Gasteiger partial charge on any atom is 0.282 e. The van der Waals surface area contributed by atoms with Crippen molar-refractivity contribution in [2.75, 3.05) is 23.5 Å². The number of hydrogen-bond donors (Lipinski definition) is 0.